The molecule has 0 aromatic carbocycles. The molecule has 0 fully saturated rings. The van der Waals surface area contributed by atoms with E-state index in [-0.39, 0.29) is 12.1 Å². The number of nitrogens with zero attached hydrogens (tertiary/aromatic N) is 1. The van der Waals surface area contributed by atoms with Crippen molar-refractivity contribution in [3.05, 3.63) is 24.0 Å². The number of nitrogens with one attached hydrogen (secondary N) is 2. The highest BCUT2D eigenvalue weighted by Crippen LogP contribution is 2.09. The number of aryl methyl sites for hydroxylation is 1. The quantitative estimate of drug-likeness (QED) is 0.769. The maximum atomic E-state index is 11.9. The van der Waals surface area contributed by atoms with E-state index in [4.69, 9.17) is 4.74 Å². The lowest BCUT2D eigenvalue weighted by Crippen LogP contribution is -2.46. The average molecular weight is 323 g/mol. The van der Waals surface area contributed by atoms with E-state index < -0.39 is 5.60 Å². The van der Waals surface area contributed by atoms with Crippen LogP contribution in [0.25, 0.3) is 0 Å². The molecule has 5 nitrogen and oxygen atoms in total. The predicted octanol–water partition coefficient (Wildman–Crippen LogP) is 3.54. The molecular formula is C18H33N3O2. The lowest BCUT2D eigenvalue weighted by atomic mass is 10.0. The van der Waals surface area contributed by atoms with E-state index in [9.17, 15) is 4.79 Å². The van der Waals surface area contributed by atoms with Crippen LogP contribution in [0.4, 0.5) is 4.79 Å². The molecule has 23 heavy (non-hydrogen) atoms. The zero-order chi connectivity index (χ0) is 17.5. The van der Waals surface area contributed by atoms with Crippen molar-refractivity contribution in [3.8, 4) is 0 Å². The zero-order valence-corrected chi connectivity index (χ0v) is 15.5. The van der Waals surface area contributed by atoms with Crippen LogP contribution in [-0.2, 0) is 17.8 Å². The smallest absolute Gasteiger partial charge is 0.407 e. The SMILES string of the molecule is CCCn1ccc(CNCC(NC(=O)OC(C)(C)C)C(C)C)c1. The molecule has 0 radical (unpaired) electrons. The van der Waals surface area contributed by atoms with Crippen molar-refractivity contribution < 1.29 is 9.53 Å². The lowest BCUT2D eigenvalue weighted by Gasteiger charge is -2.26. The van der Waals surface area contributed by atoms with Gasteiger partial charge in [-0.15, -0.1) is 0 Å². The number of amides is 1. The van der Waals surface area contributed by atoms with Crippen molar-refractivity contribution >= 4 is 6.09 Å². The topological polar surface area (TPSA) is 55.3 Å². The molecule has 1 heterocycles. The number of rotatable bonds is 8. The van der Waals surface area contributed by atoms with E-state index in [1.165, 1.54) is 5.56 Å². The van der Waals surface area contributed by atoms with Crippen LogP contribution < -0.4 is 10.6 Å². The van der Waals surface area contributed by atoms with Crippen molar-refractivity contribution in [2.24, 2.45) is 5.92 Å². The van der Waals surface area contributed by atoms with Crippen molar-refractivity contribution in [2.75, 3.05) is 6.54 Å². The Balaban J connectivity index is 2.42. The minimum absolute atomic E-state index is 0.0441. The van der Waals surface area contributed by atoms with E-state index in [0.29, 0.717) is 5.92 Å². The van der Waals surface area contributed by atoms with Crippen LogP contribution in [0.5, 0.6) is 0 Å². The molecule has 0 spiro atoms. The van der Waals surface area contributed by atoms with Crippen LogP contribution >= 0.6 is 0 Å². The Morgan fingerprint density at radius 2 is 2.04 bits per heavy atom. The van der Waals surface area contributed by atoms with Gasteiger partial charge >= 0.3 is 6.09 Å². The predicted molar refractivity (Wildman–Crippen MR) is 94.4 cm³/mol. The highest BCUT2D eigenvalue weighted by Gasteiger charge is 2.21. The molecule has 0 saturated carbocycles. The summed E-state index contributed by atoms with van der Waals surface area (Å²) in [5, 5.41) is 6.38. The molecule has 0 aliphatic rings. The number of alkyl carbamates (subject to hydrolysis) is 1. The van der Waals surface area contributed by atoms with Crippen LogP contribution in [0.3, 0.4) is 0 Å². The fraction of sp³-hybridized carbons (Fsp3) is 0.722. The molecule has 0 saturated heterocycles. The summed E-state index contributed by atoms with van der Waals surface area (Å²) in [6, 6.07) is 2.18. The largest absolute Gasteiger partial charge is 0.444 e. The molecule has 0 aliphatic carbocycles. The minimum Gasteiger partial charge on any atom is -0.444 e. The van der Waals surface area contributed by atoms with Crippen LogP contribution in [0.2, 0.25) is 0 Å². The third-order valence-corrected chi connectivity index (χ3v) is 3.49. The molecule has 2 N–H and O–H groups in total. The third kappa shape index (κ3) is 8.07. The van der Waals surface area contributed by atoms with E-state index in [1.807, 2.05) is 20.8 Å². The first-order valence-electron chi connectivity index (χ1n) is 8.56. The first-order valence-corrected chi connectivity index (χ1v) is 8.56. The molecule has 132 valence electrons. The Morgan fingerprint density at radius 3 is 2.61 bits per heavy atom. The lowest BCUT2D eigenvalue weighted by molar-refractivity contribution is 0.0490. The Hall–Kier alpha value is -1.49. The summed E-state index contributed by atoms with van der Waals surface area (Å²) >= 11 is 0. The van der Waals surface area contributed by atoms with Gasteiger partial charge < -0.3 is 19.9 Å². The second-order valence-corrected chi connectivity index (χ2v) is 7.39. The summed E-state index contributed by atoms with van der Waals surface area (Å²) in [6.07, 6.45) is 5.06. The van der Waals surface area contributed by atoms with Crippen molar-refractivity contribution in [1.82, 2.24) is 15.2 Å². The zero-order valence-electron chi connectivity index (χ0n) is 15.5. The van der Waals surface area contributed by atoms with Gasteiger partial charge in [0.1, 0.15) is 5.60 Å². The Labute approximate surface area is 140 Å². The molecular weight excluding hydrogens is 290 g/mol. The van der Waals surface area contributed by atoms with Crippen LogP contribution in [-0.4, -0.2) is 28.8 Å². The fourth-order valence-corrected chi connectivity index (χ4v) is 2.28. The number of carbonyl (C=O) groups excluding carboxylic acids is 1. The van der Waals surface area contributed by atoms with Crippen molar-refractivity contribution in [2.45, 2.75) is 72.7 Å². The molecule has 1 aromatic rings. The highest BCUT2D eigenvalue weighted by atomic mass is 16.6. The molecule has 0 aliphatic heterocycles. The third-order valence-electron chi connectivity index (χ3n) is 3.49. The highest BCUT2D eigenvalue weighted by molar-refractivity contribution is 5.68. The first kappa shape index (κ1) is 19.6. The summed E-state index contributed by atoms with van der Waals surface area (Å²) in [5.74, 6) is 0.333. The number of carbonyl (C=O) groups is 1. The maximum absolute atomic E-state index is 11.9. The van der Waals surface area contributed by atoms with Gasteiger partial charge in [-0.3, -0.25) is 0 Å². The minimum atomic E-state index is -0.471. The van der Waals surface area contributed by atoms with E-state index in [1.54, 1.807) is 0 Å². The molecule has 5 heteroatoms. The number of aromatic nitrogens is 1. The number of ether oxygens (including phenoxy) is 1. The first-order chi connectivity index (χ1) is 10.7. The van der Waals surface area contributed by atoms with Gasteiger partial charge in [-0.25, -0.2) is 4.79 Å². The van der Waals surface area contributed by atoms with Gasteiger partial charge in [0, 0.05) is 38.1 Å². The Bertz CT molecular complexity index is 475. The van der Waals surface area contributed by atoms with E-state index in [0.717, 1.165) is 26.1 Å². The molecule has 1 amide bonds. The van der Waals surface area contributed by atoms with Crippen LogP contribution in [0, 0.1) is 5.92 Å². The van der Waals surface area contributed by atoms with Gasteiger partial charge in [0.25, 0.3) is 0 Å². The van der Waals surface area contributed by atoms with Crippen LogP contribution in [0.1, 0.15) is 53.5 Å². The van der Waals surface area contributed by atoms with Gasteiger partial charge in [-0.1, -0.05) is 20.8 Å². The van der Waals surface area contributed by atoms with Gasteiger partial charge in [0.05, 0.1) is 0 Å². The summed E-state index contributed by atoms with van der Waals surface area (Å²) in [5.41, 5.74) is 0.791. The normalized spacial score (nSPS) is 13.2. The summed E-state index contributed by atoms with van der Waals surface area (Å²) in [7, 11) is 0. The average Bonchev–Trinajstić information content (AvgIpc) is 2.83. The number of hydrogen-bond donors (Lipinski definition) is 2. The summed E-state index contributed by atoms with van der Waals surface area (Å²) in [4.78, 5) is 11.9. The van der Waals surface area contributed by atoms with E-state index >= 15 is 0 Å². The Morgan fingerprint density at radius 1 is 1.35 bits per heavy atom. The van der Waals surface area contributed by atoms with Crippen LogP contribution in [0.15, 0.2) is 18.5 Å². The maximum Gasteiger partial charge on any atom is 0.407 e. The van der Waals surface area contributed by atoms with Gasteiger partial charge in [0.2, 0.25) is 0 Å². The molecule has 1 atom stereocenters. The molecule has 1 aromatic heterocycles. The fourth-order valence-electron chi connectivity index (χ4n) is 2.28. The van der Waals surface area contributed by atoms with Gasteiger partial charge in [-0.05, 0) is 44.7 Å². The van der Waals surface area contributed by atoms with E-state index in [2.05, 4.69) is 54.4 Å². The van der Waals surface area contributed by atoms with Gasteiger partial charge in [0.15, 0.2) is 0 Å². The second kappa shape index (κ2) is 8.96. The second-order valence-electron chi connectivity index (χ2n) is 7.39. The number of hydrogen-bond acceptors (Lipinski definition) is 3. The van der Waals surface area contributed by atoms with Gasteiger partial charge in [-0.2, -0.15) is 0 Å². The summed E-state index contributed by atoms with van der Waals surface area (Å²) in [6.45, 7) is 14.6. The molecule has 0 bridgehead atoms. The molecule has 1 rings (SSSR count). The molecule has 1 unspecified atom stereocenters. The standard InChI is InChI=1S/C18H33N3O2/c1-7-9-21-10-8-15(13-21)11-19-12-16(14(2)3)20-17(22)23-18(4,5)6/h8,10,13-14,16,19H,7,9,11-12H2,1-6H3,(H,20,22). The van der Waals surface area contributed by atoms with Crippen molar-refractivity contribution in [1.29, 1.82) is 0 Å². The Kier molecular flexibility index (Phi) is 7.62. The summed E-state index contributed by atoms with van der Waals surface area (Å²) < 4.78 is 7.54. The van der Waals surface area contributed by atoms with Crippen molar-refractivity contribution in [3.63, 3.8) is 0 Å². The monoisotopic (exact) mass is 323 g/mol.